The monoisotopic (exact) mass is 206 g/mol. The molecule has 0 aromatic carbocycles. The van der Waals surface area contributed by atoms with Crippen LogP contribution in [0.15, 0.2) is 35.4 Å². The highest BCUT2D eigenvalue weighted by atomic mass is 32.1. The Labute approximate surface area is 88.7 Å². The van der Waals surface area contributed by atoms with Crippen LogP contribution in [0.2, 0.25) is 0 Å². The number of ether oxygens (including phenoxy) is 1. The standard InChI is InChI=1S/C12H14OS/c1-9-7-8-14-12(9)10-3-5-11(13-2)6-4-10/h3,5-8,10H,4H2,1-2H3. The number of allylic oxidation sites excluding steroid dienone is 3. The van der Waals surface area contributed by atoms with Crippen LogP contribution in [-0.4, -0.2) is 7.11 Å². The molecule has 2 heteroatoms. The minimum Gasteiger partial charge on any atom is -0.497 e. The highest BCUT2D eigenvalue weighted by Gasteiger charge is 2.14. The SMILES string of the molecule is COC1=CCC(c2sccc2C)C=C1. The Bertz CT molecular complexity index is 373. The molecule has 0 amide bonds. The number of rotatable bonds is 2. The van der Waals surface area contributed by atoms with Crippen molar-refractivity contribution in [1.82, 2.24) is 0 Å². The molecule has 0 bridgehead atoms. The van der Waals surface area contributed by atoms with E-state index in [2.05, 4.69) is 36.6 Å². The molecule has 1 heterocycles. The molecule has 1 aliphatic carbocycles. The molecule has 1 unspecified atom stereocenters. The van der Waals surface area contributed by atoms with Gasteiger partial charge < -0.3 is 4.74 Å². The van der Waals surface area contributed by atoms with Gasteiger partial charge in [-0.05, 0) is 42.5 Å². The Morgan fingerprint density at radius 3 is 2.86 bits per heavy atom. The van der Waals surface area contributed by atoms with Gasteiger partial charge in [0.15, 0.2) is 0 Å². The van der Waals surface area contributed by atoms with Crippen molar-refractivity contribution in [2.45, 2.75) is 19.3 Å². The van der Waals surface area contributed by atoms with Crippen LogP contribution in [0, 0.1) is 6.92 Å². The molecule has 0 aliphatic heterocycles. The fourth-order valence-electron chi connectivity index (χ4n) is 1.71. The van der Waals surface area contributed by atoms with Gasteiger partial charge in [-0.2, -0.15) is 0 Å². The van der Waals surface area contributed by atoms with Crippen LogP contribution in [-0.2, 0) is 4.74 Å². The lowest BCUT2D eigenvalue weighted by Gasteiger charge is -2.15. The molecule has 0 N–H and O–H groups in total. The Hall–Kier alpha value is -1.02. The lowest BCUT2D eigenvalue weighted by Crippen LogP contribution is -1.98. The first-order valence-electron chi connectivity index (χ1n) is 4.77. The van der Waals surface area contributed by atoms with Gasteiger partial charge in [-0.3, -0.25) is 0 Å². The highest BCUT2D eigenvalue weighted by molar-refractivity contribution is 7.10. The van der Waals surface area contributed by atoms with Crippen LogP contribution < -0.4 is 0 Å². The zero-order valence-electron chi connectivity index (χ0n) is 8.49. The second-order valence-corrected chi connectivity index (χ2v) is 4.43. The Kier molecular flexibility index (Phi) is 2.73. The van der Waals surface area contributed by atoms with E-state index in [0.29, 0.717) is 5.92 Å². The largest absolute Gasteiger partial charge is 0.497 e. The van der Waals surface area contributed by atoms with Gasteiger partial charge in [-0.1, -0.05) is 6.08 Å². The zero-order valence-corrected chi connectivity index (χ0v) is 9.30. The molecule has 0 saturated heterocycles. The second-order valence-electron chi connectivity index (χ2n) is 3.48. The van der Waals surface area contributed by atoms with Gasteiger partial charge >= 0.3 is 0 Å². The predicted octanol–water partition coefficient (Wildman–Crippen LogP) is 3.63. The number of hydrogen-bond acceptors (Lipinski definition) is 2. The number of methoxy groups -OCH3 is 1. The molecule has 1 aromatic rings. The van der Waals surface area contributed by atoms with Crippen LogP contribution in [0.25, 0.3) is 0 Å². The summed E-state index contributed by atoms with van der Waals surface area (Å²) in [5.74, 6) is 1.53. The molecule has 1 aromatic heterocycles. The van der Waals surface area contributed by atoms with Crippen molar-refractivity contribution in [2.75, 3.05) is 7.11 Å². The fourth-order valence-corrected chi connectivity index (χ4v) is 2.73. The third-order valence-corrected chi connectivity index (χ3v) is 3.69. The van der Waals surface area contributed by atoms with Crippen molar-refractivity contribution >= 4 is 11.3 Å². The smallest absolute Gasteiger partial charge is 0.114 e. The van der Waals surface area contributed by atoms with E-state index in [9.17, 15) is 0 Å². The Morgan fingerprint density at radius 2 is 2.36 bits per heavy atom. The number of thiophene rings is 1. The maximum Gasteiger partial charge on any atom is 0.114 e. The first-order valence-corrected chi connectivity index (χ1v) is 5.65. The summed E-state index contributed by atoms with van der Waals surface area (Å²) in [6.07, 6.45) is 7.51. The maximum absolute atomic E-state index is 5.16. The summed E-state index contributed by atoms with van der Waals surface area (Å²) < 4.78 is 5.16. The van der Waals surface area contributed by atoms with Crippen molar-refractivity contribution in [1.29, 1.82) is 0 Å². The molecule has 74 valence electrons. The number of aryl methyl sites for hydroxylation is 1. The molecule has 1 nitrogen and oxygen atoms in total. The zero-order chi connectivity index (χ0) is 9.97. The molecule has 0 radical (unpaired) electrons. The third kappa shape index (κ3) is 1.75. The van der Waals surface area contributed by atoms with Gasteiger partial charge in [0.05, 0.1) is 7.11 Å². The minimum atomic E-state index is 0.550. The summed E-state index contributed by atoms with van der Waals surface area (Å²) >= 11 is 1.84. The van der Waals surface area contributed by atoms with Crippen molar-refractivity contribution in [2.24, 2.45) is 0 Å². The van der Waals surface area contributed by atoms with Crippen molar-refractivity contribution in [3.8, 4) is 0 Å². The van der Waals surface area contributed by atoms with Crippen LogP contribution in [0.3, 0.4) is 0 Å². The van der Waals surface area contributed by atoms with Gasteiger partial charge in [0.25, 0.3) is 0 Å². The lowest BCUT2D eigenvalue weighted by molar-refractivity contribution is 0.303. The van der Waals surface area contributed by atoms with Gasteiger partial charge in [-0.15, -0.1) is 11.3 Å². The summed E-state index contributed by atoms with van der Waals surface area (Å²) in [5.41, 5.74) is 1.40. The van der Waals surface area contributed by atoms with Crippen molar-refractivity contribution in [3.05, 3.63) is 45.9 Å². The second kappa shape index (κ2) is 4.01. The first-order chi connectivity index (χ1) is 6.81. The molecule has 0 fully saturated rings. The van der Waals surface area contributed by atoms with E-state index in [0.717, 1.165) is 12.2 Å². The van der Waals surface area contributed by atoms with Gasteiger partial charge in [-0.25, -0.2) is 0 Å². The van der Waals surface area contributed by atoms with Crippen LogP contribution in [0.1, 0.15) is 22.8 Å². The Balaban J connectivity index is 2.15. The van der Waals surface area contributed by atoms with E-state index in [1.54, 1.807) is 7.11 Å². The first kappa shape index (κ1) is 9.53. The maximum atomic E-state index is 5.16. The topological polar surface area (TPSA) is 9.23 Å². The normalized spacial score (nSPS) is 20.7. The van der Waals surface area contributed by atoms with E-state index >= 15 is 0 Å². The molecule has 14 heavy (non-hydrogen) atoms. The predicted molar refractivity (Wildman–Crippen MR) is 60.6 cm³/mol. The van der Waals surface area contributed by atoms with E-state index in [1.165, 1.54) is 10.4 Å². The molecule has 0 saturated carbocycles. The molecule has 1 atom stereocenters. The third-order valence-electron chi connectivity index (χ3n) is 2.54. The van der Waals surface area contributed by atoms with Crippen LogP contribution in [0.4, 0.5) is 0 Å². The quantitative estimate of drug-likeness (QED) is 0.718. The minimum absolute atomic E-state index is 0.550. The van der Waals surface area contributed by atoms with Crippen molar-refractivity contribution < 1.29 is 4.74 Å². The summed E-state index contributed by atoms with van der Waals surface area (Å²) in [4.78, 5) is 1.48. The van der Waals surface area contributed by atoms with Crippen LogP contribution >= 0.6 is 11.3 Å². The number of hydrogen-bond donors (Lipinski definition) is 0. The van der Waals surface area contributed by atoms with Gasteiger partial charge in [0.1, 0.15) is 5.76 Å². The lowest BCUT2D eigenvalue weighted by atomic mass is 9.96. The average molecular weight is 206 g/mol. The van der Waals surface area contributed by atoms with Crippen LogP contribution in [0.5, 0.6) is 0 Å². The molecular formula is C12H14OS. The Morgan fingerprint density at radius 1 is 1.50 bits per heavy atom. The molecular weight excluding hydrogens is 192 g/mol. The highest BCUT2D eigenvalue weighted by Crippen LogP contribution is 2.32. The van der Waals surface area contributed by atoms with Gasteiger partial charge in [0, 0.05) is 10.8 Å². The molecule has 1 aliphatic rings. The van der Waals surface area contributed by atoms with E-state index < -0.39 is 0 Å². The van der Waals surface area contributed by atoms with Crippen molar-refractivity contribution in [3.63, 3.8) is 0 Å². The van der Waals surface area contributed by atoms with E-state index in [-0.39, 0.29) is 0 Å². The fraction of sp³-hybridized carbons (Fsp3) is 0.333. The summed E-state index contributed by atoms with van der Waals surface area (Å²) in [7, 11) is 1.72. The molecule has 0 spiro atoms. The average Bonchev–Trinajstić information content (AvgIpc) is 2.65. The van der Waals surface area contributed by atoms with E-state index in [4.69, 9.17) is 4.74 Å². The summed E-state index contributed by atoms with van der Waals surface area (Å²) in [6.45, 7) is 2.18. The molecule has 2 rings (SSSR count). The van der Waals surface area contributed by atoms with E-state index in [1.807, 2.05) is 11.3 Å². The summed E-state index contributed by atoms with van der Waals surface area (Å²) in [6, 6.07) is 2.18. The van der Waals surface area contributed by atoms with Gasteiger partial charge in [0.2, 0.25) is 0 Å². The summed E-state index contributed by atoms with van der Waals surface area (Å²) in [5, 5.41) is 2.16.